The zero-order chi connectivity index (χ0) is 18.2. The number of benzene rings is 1. The molecule has 1 saturated heterocycles. The lowest BCUT2D eigenvalue weighted by molar-refractivity contribution is 0.0117. The van der Waals surface area contributed by atoms with Crippen molar-refractivity contribution in [1.29, 1.82) is 0 Å². The molecule has 6 heteroatoms. The van der Waals surface area contributed by atoms with Crippen LogP contribution in [0.25, 0.3) is 5.69 Å². The van der Waals surface area contributed by atoms with E-state index in [2.05, 4.69) is 10.4 Å². The van der Waals surface area contributed by atoms with Crippen molar-refractivity contribution < 1.29 is 9.90 Å². The topological polar surface area (TPSA) is 70.4 Å². The van der Waals surface area contributed by atoms with Gasteiger partial charge in [0.15, 0.2) is 0 Å². The molecule has 2 amide bonds. The van der Waals surface area contributed by atoms with Gasteiger partial charge in [-0.3, -0.25) is 0 Å². The summed E-state index contributed by atoms with van der Waals surface area (Å²) in [5, 5.41) is 17.7. The first-order chi connectivity index (χ1) is 11.8. The summed E-state index contributed by atoms with van der Waals surface area (Å²) in [6.45, 7) is 8.14. The van der Waals surface area contributed by atoms with Crippen LogP contribution in [0, 0.1) is 13.8 Å². The predicted molar refractivity (Wildman–Crippen MR) is 98.1 cm³/mol. The van der Waals surface area contributed by atoms with E-state index in [9.17, 15) is 9.90 Å². The van der Waals surface area contributed by atoms with E-state index in [4.69, 9.17) is 0 Å². The quantitative estimate of drug-likeness (QED) is 0.899. The van der Waals surface area contributed by atoms with Crippen molar-refractivity contribution in [3.05, 3.63) is 41.7 Å². The van der Waals surface area contributed by atoms with E-state index in [1.54, 1.807) is 18.7 Å². The van der Waals surface area contributed by atoms with E-state index in [1.807, 2.05) is 48.9 Å². The number of anilines is 1. The standard InChI is InChI=1S/C19H26N4O2/c1-13-11-14(2)23(21-13)16-8-5-7-15(12-16)20-18(24)22-10-6-9-17(22)19(3,4)25/h5,7-8,11-12,17,25H,6,9-10H2,1-4H3,(H,20,24). The average Bonchev–Trinajstić information content (AvgIpc) is 3.13. The zero-order valence-corrected chi connectivity index (χ0v) is 15.3. The Morgan fingerprint density at radius 1 is 1.32 bits per heavy atom. The van der Waals surface area contributed by atoms with Crippen molar-refractivity contribution in [2.75, 3.05) is 11.9 Å². The molecule has 1 aromatic heterocycles. The summed E-state index contributed by atoms with van der Waals surface area (Å²) in [6.07, 6.45) is 1.73. The Bertz CT molecular complexity index is 776. The Labute approximate surface area is 148 Å². The first kappa shape index (κ1) is 17.5. The highest BCUT2D eigenvalue weighted by Gasteiger charge is 2.38. The van der Waals surface area contributed by atoms with E-state index in [0.29, 0.717) is 6.54 Å². The van der Waals surface area contributed by atoms with Crippen LogP contribution in [-0.4, -0.2) is 44.0 Å². The van der Waals surface area contributed by atoms with Gasteiger partial charge in [-0.1, -0.05) is 6.07 Å². The van der Waals surface area contributed by atoms with Crippen LogP contribution < -0.4 is 5.32 Å². The molecule has 0 saturated carbocycles. The van der Waals surface area contributed by atoms with Crippen molar-refractivity contribution in [2.24, 2.45) is 0 Å². The smallest absolute Gasteiger partial charge is 0.322 e. The van der Waals surface area contributed by atoms with Gasteiger partial charge < -0.3 is 15.3 Å². The number of rotatable bonds is 3. The van der Waals surface area contributed by atoms with Crippen LogP contribution in [0.1, 0.15) is 38.1 Å². The highest BCUT2D eigenvalue weighted by molar-refractivity contribution is 5.90. The molecule has 3 rings (SSSR count). The third-order valence-electron chi connectivity index (χ3n) is 4.68. The Balaban J connectivity index is 1.78. The van der Waals surface area contributed by atoms with Gasteiger partial charge in [-0.2, -0.15) is 5.10 Å². The number of carbonyl (C=O) groups is 1. The van der Waals surface area contributed by atoms with Crippen LogP contribution in [0.15, 0.2) is 30.3 Å². The monoisotopic (exact) mass is 342 g/mol. The molecule has 6 nitrogen and oxygen atoms in total. The molecule has 1 aliphatic rings. The Kier molecular flexibility index (Phi) is 4.56. The molecule has 0 radical (unpaired) electrons. The summed E-state index contributed by atoms with van der Waals surface area (Å²) in [6, 6.07) is 9.32. The van der Waals surface area contributed by atoms with Crippen molar-refractivity contribution >= 4 is 11.7 Å². The lowest BCUT2D eigenvalue weighted by Gasteiger charge is -2.33. The molecule has 134 valence electrons. The van der Waals surface area contributed by atoms with Crippen LogP contribution in [0.2, 0.25) is 0 Å². The minimum Gasteiger partial charge on any atom is -0.388 e. The van der Waals surface area contributed by atoms with Gasteiger partial charge in [-0.15, -0.1) is 0 Å². The van der Waals surface area contributed by atoms with Gasteiger partial charge in [0, 0.05) is 17.9 Å². The molecule has 25 heavy (non-hydrogen) atoms. The second-order valence-electron chi connectivity index (χ2n) is 7.32. The third-order valence-corrected chi connectivity index (χ3v) is 4.68. The number of hydrogen-bond donors (Lipinski definition) is 2. The number of aryl methyl sites for hydroxylation is 2. The normalized spacial score (nSPS) is 17.8. The molecule has 0 spiro atoms. The predicted octanol–water partition coefficient (Wildman–Crippen LogP) is 3.26. The summed E-state index contributed by atoms with van der Waals surface area (Å²) in [7, 11) is 0. The summed E-state index contributed by atoms with van der Waals surface area (Å²) in [5.74, 6) is 0. The Hall–Kier alpha value is -2.34. The zero-order valence-electron chi connectivity index (χ0n) is 15.3. The molecule has 2 heterocycles. The highest BCUT2D eigenvalue weighted by atomic mass is 16.3. The summed E-state index contributed by atoms with van der Waals surface area (Å²) in [4.78, 5) is 14.4. The minimum absolute atomic E-state index is 0.160. The number of aliphatic hydroxyl groups is 1. The fourth-order valence-electron chi connectivity index (χ4n) is 3.55. The maximum atomic E-state index is 12.7. The second-order valence-corrected chi connectivity index (χ2v) is 7.32. The van der Waals surface area contributed by atoms with Crippen molar-refractivity contribution in [3.8, 4) is 5.69 Å². The number of nitrogens with one attached hydrogen (secondary N) is 1. The van der Waals surface area contributed by atoms with E-state index in [1.165, 1.54) is 0 Å². The van der Waals surface area contributed by atoms with Gasteiger partial charge in [0.25, 0.3) is 0 Å². The van der Waals surface area contributed by atoms with E-state index in [0.717, 1.165) is 35.6 Å². The molecule has 0 bridgehead atoms. The molecule has 1 unspecified atom stereocenters. The van der Waals surface area contributed by atoms with Gasteiger partial charge >= 0.3 is 6.03 Å². The lowest BCUT2D eigenvalue weighted by Crippen LogP contribution is -2.49. The summed E-state index contributed by atoms with van der Waals surface area (Å²) >= 11 is 0. The van der Waals surface area contributed by atoms with Crippen molar-refractivity contribution in [3.63, 3.8) is 0 Å². The van der Waals surface area contributed by atoms with Gasteiger partial charge in [0.1, 0.15) is 0 Å². The minimum atomic E-state index is -0.903. The maximum Gasteiger partial charge on any atom is 0.322 e. The van der Waals surface area contributed by atoms with E-state index in [-0.39, 0.29) is 12.1 Å². The van der Waals surface area contributed by atoms with Crippen LogP contribution in [0.3, 0.4) is 0 Å². The van der Waals surface area contributed by atoms with Gasteiger partial charge in [-0.05, 0) is 64.8 Å². The van der Waals surface area contributed by atoms with Gasteiger partial charge in [0.2, 0.25) is 0 Å². The molecule has 1 atom stereocenters. The van der Waals surface area contributed by atoms with Gasteiger partial charge in [0.05, 0.1) is 23.0 Å². The summed E-state index contributed by atoms with van der Waals surface area (Å²) in [5.41, 5.74) is 2.72. The second kappa shape index (κ2) is 6.52. The number of likely N-dealkylation sites (tertiary alicyclic amines) is 1. The van der Waals surface area contributed by atoms with Gasteiger partial charge in [-0.25, -0.2) is 9.48 Å². The maximum absolute atomic E-state index is 12.7. The third kappa shape index (κ3) is 3.69. The van der Waals surface area contributed by atoms with Crippen LogP contribution in [0.4, 0.5) is 10.5 Å². The van der Waals surface area contributed by atoms with Crippen LogP contribution in [-0.2, 0) is 0 Å². The number of nitrogens with zero attached hydrogens (tertiary/aromatic N) is 3. The van der Waals surface area contributed by atoms with Crippen molar-refractivity contribution in [2.45, 2.75) is 52.2 Å². The SMILES string of the molecule is Cc1cc(C)n(-c2cccc(NC(=O)N3CCCC3C(C)(C)O)c2)n1. The summed E-state index contributed by atoms with van der Waals surface area (Å²) < 4.78 is 1.86. The molecule has 1 fully saturated rings. The van der Waals surface area contributed by atoms with Crippen LogP contribution in [0.5, 0.6) is 0 Å². The molecule has 0 aliphatic carbocycles. The van der Waals surface area contributed by atoms with E-state index < -0.39 is 5.60 Å². The fraction of sp³-hybridized carbons (Fsp3) is 0.474. The number of aromatic nitrogens is 2. The molecular formula is C19H26N4O2. The highest BCUT2D eigenvalue weighted by Crippen LogP contribution is 2.27. The number of urea groups is 1. The average molecular weight is 342 g/mol. The first-order valence-corrected chi connectivity index (χ1v) is 8.69. The van der Waals surface area contributed by atoms with Crippen LogP contribution >= 0.6 is 0 Å². The fourth-order valence-corrected chi connectivity index (χ4v) is 3.55. The molecule has 2 N–H and O–H groups in total. The molecule has 1 aliphatic heterocycles. The molecular weight excluding hydrogens is 316 g/mol. The van der Waals surface area contributed by atoms with E-state index >= 15 is 0 Å². The first-order valence-electron chi connectivity index (χ1n) is 8.69. The number of carbonyl (C=O) groups excluding carboxylic acids is 1. The lowest BCUT2D eigenvalue weighted by atomic mass is 9.97. The largest absolute Gasteiger partial charge is 0.388 e. The number of amides is 2. The molecule has 1 aromatic carbocycles. The van der Waals surface area contributed by atoms with Crippen molar-refractivity contribution in [1.82, 2.24) is 14.7 Å². The Morgan fingerprint density at radius 2 is 2.08 bits per heavy atom. The Morgan fingerprint density at radius 3 is 2.72 bits per heavy atom. The molecule has 2 aromatic rings. The number of hydrogen-bond acceptors (Lipinski definition) is 3.